The van der Waals surface area contributed by atoms with Gasteiger partial charge in [-0.15, -0.1) is 0 Å². The molecule has 23 heavy (non-hydrogen) atoms. The summed E-state index contributed by atoms with van der Waals surface area (Å²) < 4.78 is 13.3. The van der Waals surface area contributed by atoms with E-state index < -0.39 is 0 Å². The monoisotopic (exact) mass is 310 g/mol. The van der Waals surface area contributed by atoms with Gasteiger partial charge in [-0.1, -0.05) is 12.1 Å². The second-order valence-electron chi connectivity index (χ2n) is 5.72. The molecule has 0 radical (unpaired) electrons. The fourth-order valence-electron chi connectivity index (χ4n) is 2.65. The van der Waals surface area contributed by atoms with E-state index in [4.69, 9.17) is 9.47 Å². The SMILES string of the molecule is COc1ccccc1OCCCn1cnc2cc(C)c(C)cc21. The molecule has 0 unspecified atom stereocenters. The van der Waals surface area contributed by atoms with Gasteiger partial charge in [-0.3, -0.25) is 0 Å². The summed E-state index contributed by atoms with van der Waals surface area (Å²) in [5, 5.41) is 0. The van der Waals surface area contributed by atoms with Gasteiger partial charge in [0, 0.05) is 6.54 Å². The van der Waals surface area contributed by atoms with E-state index in [-0.39, 0.29) is 0 Å². The molecule has 1 heterocycles. The van der Waals surface area contributed by atoms with Crippen molar-refractivity contribution in [1.82, 2.24) is 9.55 Å². The fourth-order valence-corrected chi connectivity index (χ4v) is 2.65. The first kappa shape index (κ1) is 15.4. The summed E-state index contributed by atoms with van der Waals surface area (Å²) in [6.45, 7) is 5.78. The number of methoxy groups -OCH3 is 1. The summed E-state index contributed by atoms with van der Waals surface area (Å²) in [7, 11) is 1.66. The Hall–Kier alpha value is -2.49. The number of nitrogens with zero attached hydrogens (tertiary/aromatic N) is 2. The van der Waals surface area contributed by atoms with Gasteiger partial charge >= 0.3 is 0 Å². The summed E-state index contributed by atoms with van der Waals surface area (Å²) in [4.78, 5) is 4.49. The van der Waals surface area contributed by atoms with Crippen LogP contribution in [0.15, 0.2) is 42.7 Å². The molecule has 0 aliphatic rings. The lowest BCUT2D eigenvalue weighted by Crippen LogP contribution is -2.04. The number of rotatable bonds is 6. The Labute approximate surface area is 136 Å². The predicted octanol–water partition coefficient (Wildman–Crippen LogP) is 4.13. The number of hydrogen-bond donors (Lipinski definition) is 0. The molecular formula is C19H22N2O2. The maximum absolute atomic E-state index is 5.82. The summed E-state index contributed by atoms with van der Waals surface area (Å²) in [5.41, 5.74) is 4.82. The molecule has 2 aromatic carbocycles. The Balaban J connectivity index is 1.62. The standard InChI is InChI=1S/C19H22N2O2/c1-14-11-16-17(12-15(14)2)21(13-20-16)9-6-10-23-19-8-5-4-7-18(19)22-3/h4-5,7-8,11-13H,6,9-10H2,1-3H3. The molecule has 4 nitrogen and oxygen atoms in total. The molecule has 4 heteroatoms. The molecule has 0 bridgehead atoms. The van der Waals surface area contributed by atoms with E-state index in [0.29, 0.717) is 6.61 Å². The Bertz CT molecular complexity index is 808. The van der Waals surface area contributed by atoms with Gasteiger partial charge in [0.2, 0.25) is 0 Å². The number of aryl methyl sites for hydroxylation is 3. The average molecular weight is 310 g/mol. The molecule has 0 saturated carbocycles. The van der Waals surface area contributed by atoms with Crippen LogP contribution in [0.25, 0.3) is 11.0 Å². The maximum Gasteiger partial charge on any atom is 0.161 e. The number of benzene rings is 2. The average Bonchev–Trinajstić information content (AvgIpc) is 2.94. The van der Waals surface area contributed by atoms with Gasteiger partial charge in [0.15, 0.2) is 11.5 Å². The highest BCUT2D eigenvalue weighted by Gasteiger charge is 2.06. The minimum Gasteiger partial charge on any atom is -0.493 e. The zero-order chi connectivity index (χ0) is 16.2. The van der Waals surface area contributed by atoms with Gasteiger partial charge in [0.25, 0.3) is 0 Å². The maximum atomic E-state index is 5.82. The second kappa shape index (κ2) is 6.73. The van der Waals surface area contributed by atoms with Crippen LogP contribution in [0.2, 0.25) is 0 Å². The number of fused-ring (bicyclic) bond motifs is 1. The largest absolute Gasteiger partial charge is 0.493 e. The lowest BCUT2D eigenvalue weighted by Gasteiger charge is -2.11. The van der Waals surface area contributed by atoms with Crippen molar-refractivity contribution in [2.24, 2.45) is 0 Å². The van der Waals surface area contributed by atoms with Crippen molar-refractivity contribution < 1.29 is 9.47 Å². The lowest BCUT2D eigenvalue weighted by atomic mass is 10.1. The van der Waals surface area contributed by atoms with Crippen LogP contribution < -0.4 is 9.47 Å². The molecule has 3 rings (SSSR count). The molecule has 0 aliphatic heterocycles. The van der Waals surface area contributed by atoms with Crippen LogP contribution in [-0.2, 0) is 6.54 Å². The van der Waals surface area contributed by atoms with Crippen LogP contribution in [0.1, 0.15) is 17.5 Å². The molecule has 0 saturated heterocycles. The summed E-state index contributed by atoms with van der Waals surface area (Å²) in [5.74, 6) is 1.56. The van der Waals surface area contributed by atoms with E-state index in [1.165, 1.54) is 16.6 Å². The van der Waals surface area contributed by atoms with E-state index >= 15 is 0 Å². The molecular weight excluding hydrogens is 288 g/mol. The van der Waals surface area contributed by atoms with Crippen molar-refractivity contribution in [3.05, 3.63) is 53.9 Å². The number of ether oxygens (including phenoxy) is 2. The fraction of sp³-hybridized carbons (Fsp3) is 0.316. The summed E-state index contributed by atoms with van der Waals surface area (Å²) in [6.07, 6.45) is 2.82. The third kappa shape index (κ3) is 3.31. The highest BCUT2D eigenvalue weighted by Crippen LogP contribution is 2.26. The highest BCUT2D eigenvalue weighted by molar-refractivity contribution is 5.77. The third-order valence-electron chi connectivity index (χ3n) is 4.11. The van der Waals surface area contributed by atoms with Crippen LogP contribution >= 0.6 is 0 Å². The molecule has 0 atom stereocenters. The van der Waals surface area contributed by atoms with Gasteiger partial charge in [0.1, 0.15) is 0 Å². The molecule has 0 amide bonds. The molecule has 0 fully saturated rings. The molecule has 0 aliphatic carbocycles. The first-order chi connectivity index (χ1) is 11.2. The van der Waals surface area contributed by atoms with E-state index in [1.807, 2.05) is 30.6 Å². The first-order valence-electron chi connectivity index (χ1n) is 7.87. The van der Waals surface area contributed by atoms with Gasteiger partial charge in [-0.2, -0.15) is 0 Å². The second-order valence-corrected chi connectivity index (χ2v) is 5.72. The van der Waals surface area contributed by atoms with Crippen molar-refractivity contribution in [3.8, 4) is 11.5 Å². The lowest BCUT2D eigenvalue weighted by molar-refractivity contribution is 0.283. The quantitative estimate of drug-likeness (QED) is 0.642. The minimum atomic E-state index is 0.644. The van der Waals surface area contributed by atoms with E-state index in [2.05, 4.69) is 35.5 Å². The van der Waals surface area contributed by atoms with Crippen molar-refractivity contribution in [2.75, 3.05) is 13.7 Å². The molecule has 0 N–H and O–H groups in total. The van der Waals surface area contributed by atoms with Crippen molar-refractivity contribution in [2.45, 2.75) is 26.8 Å². The Kier molecular flexibility index (Phi) is 4.51. The van der Waals surface area contributed by atoms with E-state index in [1.54, 1.807) is 7.11 Å². The third-order valence-corrected chi connectivity index (χ3v) is 4.11. The van der Waals surface area contributed by atoms with Crippen LogP contribution in [0.3, 0.4) is 0 Å². The van der Waals surface area contributed by atoms with Gasteiger partial charge in [0.05, 0.1) is 31.1 Å². The minimum absolute atomic E-state index is 0.644. The van der Waals surface area contributed by atoms with Gasteiger partial charge < -0.3 is 14.0 Å². The van der Waals surface area contributed by atoms with Crippen molar-refractivity contribution in [3.63, 3.8) is 0 Å². The number of para-hydroxylation sites is 2. The smallest absolute Gasteiger partial charge is 0.161 e. The zero-order valence-corrected chi connectivity index (χ0v) is 13.9. The van der Waals surface area contributed by atoms with Crippen LogP contribution in [0.4, 0.5) is 0 Å². The van der Waals surface area contributed by atoms with Crippen LogP contribution in [-0.4, -0.2) is 23.3 Å². The van der Waals surface area contributed by atoms with Gasteiger partial charge in [-0.05, 0) is 55.7 Å². The number of hydrogen-bond acceptors (Lipinski definition) is 3. The topological polar surface area (TPSA) is 36.3 Å². The zero-order valence-electron chi connectivity index (χ0n) is 13.9. The van der Waals surface area contributed by atoms with Crippen molar-refractivity contribution >= 4 is 11.0 Å². The first-order valence-corrected chi connectivity index (χ1v) is 7.87. The Morgan fingerprint density at radius 2 is 1.78 bits per heavy atom. The molecule has 3 aromatic rings. The molecule has 1 aromatic heterocycles. The van der Waals surface area contributed by atoms with Crippen molar-refractivity contribution in [1.29, 1.82) is 0 Å². The van der Waals surface area contributed by atoms with Gasteiger partial charge in [-0.25, -0.2) is 4.98 Å². The van der Waals surface area contributed by atoms with E-state index in [9.17, 15) is 0 Å². The summed E-state index contributed by atoms with van der Waals surface area (Å²) in [6, 6.07) is 12.1. The number of imidazole rings is 1. The molecule has 120 valence electrons. The normalized spacial score (nSPS) is 10.9. The molecule has 0 spiro atoms. The Morgan fingerprint density at radius 3 is 2.57 bits per heavy atom. The predicted molar refractivity (Wildman–Crippen MR) is 92.3 cm³/mol. The van der Waals surface area contributed by atoms with E-state index in [0.717, 1.165) is 30.0 Å². The van der Waals surface area contributed by atoms with Crippen LogP contribution in [0.5, 0.6) is 11.5 Å². The highest BCUT2D eigenvalue weighted by atomic mass is 16.5. The summed E-state index contributed by atoms with van der Waals surface area (Å²) >= 11 is 0. The van der Waals surface area contributed by atoms with Crippen LogP contribution in [0, 0.1) is 13.8 Å². The number of aromatic nitrogens is 2. The Morgan fingerprint density at radius 1 is 1.04 bits per heavy atom.